The molecule has 0 radical (unpaired) electrons. The van der Waals surface area contributed by atoms with Gasteiger partial charge in [-0.1, -0.05) is 13.8 Å². The number of hydrogen-bond acceptors (Lipinski definition) is 2. The Balaban J connectivity index is 2.20. The van der Waals surface area contributed by atoms with Gasteiger partial charge in [0.05, 0.1) is 0 Å². The lowest BCUT2D eigenvalue weighted by atomic mass is 10.0. The minimum absolute atomic E-state index is 0.648. The number of rotatable bonds is 3. The van der Waals surface area contributed by atoms with Gasteiger partial charge in [-0.05, 0) is 32.2 Å². The number of hydrogen-bond donors (Lipinski definition) is 2. The molecule has 1 aliphatic rings. The quantitative estimate of drug-likeness (QED) is 0.668. The molecule has 72 valence electrons. The van der Waals surface area contributed by atoms with Crippen molar-refractivity contribution in [3.8, 4) is 0 Å². The highest BCUT2D eigenvalue weighted by atomic mass is 15.0. The van der Waals surface area contributed by atoms with Crippen LogP contribution in [0.4, 0.5) is 0 Å². The van der Waals surface area contributed by atoms with E-state index in [0.29, 0.717) is 12.1 Å². The SMILES string of the molecule is CC(C)C(C)NC1CCCNC1. The highest BCUT2D eigenvalue weighted by molar-refractivity contribution is 4.78. The zero-order chi connectivity index (χ0) is 8.97. The van der Waals surface area contributed by atoms with E-state index in [2.05, 4.69) is 31.4 Å². The van der Waals surface area contributed by atoms with Gasteiger partial charge in [0.25, 0.3) is 0 Å². The Kier molecular flexibility index (Phi) is 4.02. The molecule has 1 rings (SSSR count). The van der Waals surface area contributed by atoms with E-state index < -0.39 is 0 Å². The molecule has 0 saturated carbocycles. The largest absolute Gasteiger partial charge is 0.315 e. The van der Waals surface area contributed by atoms with Crippen molar-refractivity contribution in [2.45, 2.75) is 45.7 Å². The molecule has 0 aromatic carbocycles. The van der Waals surface area contributed by atoms with Crippen LogP contribution in [0.15, 0.2) is 0 Å². The smallest absolute Gasteiger partial charge is 0.0195 e. The Morgan fingerprint density at radius 1 is 1.33 bits per heavy atom. The lowest BCUT2D eigenvalue weighted by Gasteiger charge is -2.28. The van der Waals surface area contributed by atoms with E-state index in [0.717, 1.165) is 12.5 Å². The Bertz CT molecular complexity index is 117. The van der Waals surface area contributed by atoms with Crippen LogP contribution < -0.4 is 10.6 Å². The molecule has 0 bridgehead atoms. The van der Waals surface area contributed by atoms with Crippen molar-refractivity contribution in [1.29, 1.82) is 0 Å². The minimum Gasteiger partial charge on any atom is -0.315 e. The van der Waals surface area contributed by atoms with Gasteiger partial charge in [-0.2, -0.15) is 0 Å². The summed E-state index contributed by atoms with van der Waals surface area (Å²) < 4.78 is 0. The normalized spacial score (nSPS) is 27.5. The molecule has 12 heavy (non-hydrogen) atoms. The topological polar surface area (TPSA) is 24.1 Å². The molecular formula is C10H22N2. The molecule has 0 amide bonds. The minimum atomic E-state index is 0.648. The van der Waals surface area contributed by atoms with Crippen molar-refractivity contribution in [3.63, 3.8) is 0 Å². The maximum Gasteiger partial charge on any atom is 0.0195 e. The maximum atomic E-state index is 3.66. The molecular weight excluding hydrogens is 148 g/mol. The fourth-order valence-electron chi connectivity index (χ4n) is 1.56. The highest BCUT2D eigenvalue weighted by Gasteiger charge is 2.16. The molecule has 1 saturated heterocycles. The van der Waals surface area contributed by atoms with Crippen molar-refractivity contribution in [3.05, 3.63) is 0 Å². The van der Waals surface area contributed by atoms with Gasteiger partial charge >= 0.3 is 0 Å². The van der Waals surface area contributed by atoms with E-state index in [1.165, 1.54) is 19.4 Å². The van der Waals surface area contributed by atoms with E-state index in [1.54, 1.807) is 0 Å². The second-order valence-corrected chi connectivity index (χ2v) is 4.24. The molecule has 0 aromatic heterocycles. The summed E-state index contributed by atoms with van der Waals surface area (Å²) in [6.07, 6.45) is 2.66. The summed E-state index contributed by atoms with van der Waals surface area (Å²) in [5, 5.41) is 7.07. The molecule has 2 atom stereocenters. The molecule has 0 aliphatic carbocycles. The second-order valence-electron chi connectivity index (χ2n) is 4.24. The van der Waals surface area contributed by atoms with Crippen LogP contribution in [0, 0.1) is 5.92 Å². The summed E-state index contributed by atoms with van der Waals surface area (Å²) >= 11 is 0. The molecule has 2 heteroatoms. The Morgan fingerprint density at radius 3 is 2.58 bits per heavy atom. The van der Waals surface area contributed by atoms with Crippen molar-refractivity contribution in [1.82, 2.24) is 10.6 Å². The lowest BCUT2D eigenvalue weighted by Crippen LogP contribution is -2.47. The fourth-order valence-corrected chi connectivity index (χ4v) is 1.56. The van der Waals surface area contributed by atoms with E-state index in [9.17, 15) is 0 Å². The summed E-state index contributed by atoms with van der Waals surface area (Å²) in [4.78, 5) is 0. The second kappa shape index (κ2) is 4.83. The van der Waals surface area contributed by atoms with Crippen LogP contribution >= 0.6 is 0 Å². The summed E-state index contributed by atoms with van der Waals surface area (Å²) in [6, 6.07) is 1.35. The van der Waals surface area contributed by atoms with Crippen LogP contribution in [0.3, 0.4) is 0 Å². The first-order chi connectivity index (χ1) is 5.70. The average Bonchev–Trinajstić information content (AvgIpc) is 2.06. The predicted molar refractivity (Wildman–Crippen MR) is 53.3 cm³/mol. The molecule has 0 aromatic rings. The number of nitrogens with one attached hydrogen (secondary N) is 2. The van der Waals surface area contributed by atoms with Crippen molar-refractivity contribution >= 4 is 0 Å². The lowest BCUT2D eigenvalue weighted by molar-refractivity contribution is 0.321. The first kappa shape index (κ1) is 10.0. The summed E-state index contributed by atoms with van der Waals surface area (Å²) in [5.41, 5.74) is 0. The van der Waals surface area contributed by atoms with Gasteiger partial charge in [0.1, 0.15) is 0 Å². The monoisotopic (exact) mass is 170 g/mol. The number of piperidine rings is 1. The zero-order valence-electron chi connectivity index (χ0n) is 8.56. The van der Waals surface area contributed by atoms with Gasteiger partial charge in [0.15, 0.2) is 0 Å². The maximum absolute atomic E-state index is 3.66. The van der Waals surface area contributed by atoms with Crippen molar-refractivity contribution in [2.24, 2.45) is 5.92 Å². The first-order valence-corrected chi connectivity index (χ1v) is 5.17. The van der Waals surface area contributed by atoms with Gasteiger partial charge in [-0.25, -0.2) is 0 Å². The van der Waals surface area contributed by atoms with Gasteiger partial charge in [0.2, 0.25) is 0 Å². The van der Waals surface area contributed by atoms with E-state index >= 15 is 0 Å². The van der Waals surface area contributed by atoms with Crippen LogP contribution in [0.5, 0.6) is 0 Å². The third-order valence-electron chi connectivity index (χ3n) is 2.80. The molecule has 1 heterocycles. The van der Waals surface area contributed by atoms with E-state index in [-0.39, 0.29) is 0 Å². The first-order valence-electron chi connectivity index (χ1n) is 5.17. The molecule has 2 unspecified atom stereocenters. The van der Waals surface area contributed by atoms with Crippen LogP contribution in [-0.4, -0.2) is 25.2 Å². The zero-order valence-corrected chi connectivity index (χ0v) is 8.56. The Hall–Kier alpha value is -0.0800. The average molecular weight is 170 g/mol. The third kappa shape index (κ3) is 3.11. The molecule has 2 nitrogen and oxygen atoms in total. The van der Waals surface area contributed by atoms with Gasteiger partial charge in [-0.3, -0.25) is 0 Å². The predicted octanol–water partition coefficient (Wildman–Crippen LogP) is 1.37. The standard InChI is InChI=1S/C10H22N2/c1-8(2)9(3)12-10-5-4-6-11-7-10/h8-12H,4-7H2,1-3H3. The van der Waals surface area contributed by atoms with Gasteiger partial charge in [0, 0.05) is 18.6 Å². The Labute approximate surface area is 76.1 Å². The van der Waals surface area contributed by atoms with Crippen molar-refractivity contribution < 1.29 is 0 Å². The van der Waals surface area contributed by atoms with Crippen molar-refractivity contribution in [2.75, 3.05) is 13.1 Å². The summed E-state index contributed by atoms with van der Waals surface area (Å²) in [5.74, 6) is 0.743. The van der Waals surface area contributed by atoms with Crippen LogP contribution in [0.25, 0.3) is 0 Å². The highest BCUT2D eigenvalue weighted by Crippen LogP contribution is 2.06. The Morgan fingerprint density at radius 2 is 2.08 bits per heavy atom. The summed E-state index contributed by atoms with van der Waals surface area (Å²) in [7, 11) is 0. The van der Waals surface area contributed by atoms with Gasteiger partial charge < -0.3 is 10.6 Å². The molecule has 1 aliphatic heterocycles. The van der Waals surface area contributed by atoms with Gasteiger partial charge in [-0.15, -0.1) is 0 Å². The van der Waals surface area contributed by atoms with E-state index in [1.807, 2.05) is 0 Å². The van der Waals surface area contributed by atoms with Crippen LogP contribution in [-0.2, 0) is 0 Å². The summed E-state index contributed by atoms with van der Waals surface area (Å²) in [6.45, 7) is 9.17. The van der Waals surface area contributed by atoms with Crippen LogP contribution in [0.2, 0.25) is 0 Å². The molecule has 0 spiro atoms. The third-order valence-corrected chi connectivity index (χ3v) is 2.80. The van der Waals surface area contributed by atoms with E-state index in [4.69, 9.17) is 0 Å². The van der Waals surface area contributed by atoms with Crippen LogP contribution in [0.1, 0.15) is 33.6 Å². The fraction of sp³-hybridized carbons (Fsp3) is 1.00. The molecule has 1 fully saturated rings. The molecule has 2 N–H and O–H groups in total.